The van der Waals surface area contributed by atoms with Gasteiger partial charge in [-0.3, -0.25) is 10.0 Å². The van der Waals surface area contributed by atoms with Crippen molar-refractivity contribution in [2.24, 2.45) is 5.92 Å². The highest BCUT2D eigenvalue weighted by molar-refractivity contribution is 5.74. The second kappa shape index (κ2) is 6.75. The SMILES string of the molecule is O=C(CCc1ccc(C2C[C@H]2Cc2ccccc2)cc1)NO. The minimum absolute atomic E-state index is 0.315. The van der Waals surface area contributed by atoms with E-state index in [1.165, 1.54) is 17.5 Å². The summed E-state index contributed by atoms with van der Waals surface area (Å²) in [5, 5.41) is 8.49. The number of aryl methyl sites for hydroxylation is 1. The van der Waals surface area contributed by atoms with Gasteiger partial charge in [-0.15, -0.1) is 0 Å². The molecule has 0 aromatic heterocycles. The zero-order valence-electron chi connectivity index (χ0n) is 12.5. The molecule has 2 N–H and O–H groups in total. The Bertz CT molecular complexity index is 622. The highest BCUT2D eigenvalue weighted by atomic mass is 16.5. The normalized spacial score (nSPS) is 19.7. The molecule has 3 rings (SSSR count). The number of amides is 1. The Kier molecular flexibility index (Phi) is 4.54. The van der Waals surface area contributed by atoms with Crippen molar-refractivity contribution in [1.29, 1.82) is 0 Å². The summed E-state index contributed by atoms with van der Waals surface area (Å²) in [4.78, 5) is 11.0. The second-order valence-electron chi connectivity index (χ2n) is 6.07. The zero-order valence-corrected chi connectivity index (χ0v) is 12.5. The number of hydrogen-bond donors (Lipinski definition) is 2. The van der Waals surface area contributed by atoms with Crippen LogP contribution >= 0.6 is 0 Å². The molecule has 2 aromatic rings. The van der Waals surface area contributed by atoms with E-state index in [1.807, 2.05) is 0 Å². The molecule has 2 aromatic carbocycles. The molecule has 0 saturated heterocycles. The molecule has 1 aliphatic rings. The molecule has 0 aliphatic heterocycles. The average molecular weight is 295 g/mol. The summed E-state index contributed by atoms with van der Waals surface area (Å²) < 4.78 is 0. The average Bonchev–Trinajstić information content (AvgIpc) is 3.33. The Hall–Kier alpha value is -2.13. The molecule has 1 saturated carbocycles. The number of carbonyl (C=O) groups is 1. The van der Waals surface area contributed by atoms with Gasteiger partial charge in [-0.05, 0) is 47.8 Å². The first-order valence-electron chi connectivity index (χ1n) is 7.82. The van der Waals surface area contributed by atoms with E-state index in [-0.39, 0.29) is 5.91 Å². The lowest BCUT2D eigenvalue weighted by Gasteiger charge is -2.04. The maximum Gasteiger partial charge on any atom is 0.243 e. The molecule has 2 atom stereocenters. The Labute approximate surface area is 130 Å². The largest absolute Gasteiger partial charge is 0.289 e. The van der Waals surface area contributed by atoms with Crippen LogP contribution in [0, 0.1) is 5.92 Å². The number of hydroxylamine groups is 1. The van der Waals surface area contributed by atoms with Gasteiger partial charge < -0.3 is 0 Å². The molecule has 0 heterocycles. The van der Waals surface area contributed by atoms with Gasteiger partial charge in [0.15, 0.2) is 0 Å². The third-order valence-corrected chi connectivity index (χ3v) is 4.44. The quantitative estimate of drug-likeness (QED) is 0.633. The van der Waals surface area contributed by atoms with E-state index in [0.717, 1.165) is 17.9 Å². The number of carbonyl (C=O) groups excluding carboxylic acids is 1. The predicted molar refractivity (Wildman–Crippen MR) is 85.7 cm³/mol. The molecule has 3 heteroatoms. The van der Waals surface area contributed by atoms with Gasteiger partial charge in [0, 0.05) is 6.42 Å². The van der Waals surface area contributed by atoms with Crippen LogP contribution in [0.1, 0.15) is 35.4 Å². The minimum atomic E-state index is -0.339. The molecule has 0 radical (unpaired) electrons. The monoisotopic (exact) mass is 295 g/mol. The van der Waals surface area contributed by atoms with Crippen molar-refractivity contribution in [2.75, 3.05) is 0 Å². The molecule has 0 spiro atoms. The van der Waals surface area contributed by atoms with Crippen LogP contribution in [0.3, 0.4) is 0 Å². The van der Waals surface area contributed by atoms with Crippen LogP contribution in [0.2, 0.25) is 0 Å². The van der Waals surface area contributed by atoms with Crippen molar-refractivity contribution < 1.29 is 10.0 Å². The molecule has 114 valence electrons. The first-order chi connectivity index (χ1) is 10.8. The lowest BCUT2D eigenvalue weighted by Crippen LogP contribution is -2.18. The standard InChI is InChI=1S/C19H21NO2/c21-19(20-22)11-8-14-6-9-16(10-7-14)18-13-17(18)12-15-4-2-1-3-5-15/h1-7,9-10,17-18,22H,8,11-13H2,(H,20,21)/t17-,18?/m1/s1. The first kappa shape index (κ1) is 14.8. The summed E-state index contributed by atoms with van der Waals surface area (Å²) in [7, 11) is 0. The van der Waals surface area contributed by atoms with Gasteiger partial charge in [-0.25, -0.2) is 5.48 Å². The molecule has 1 amide bonds. The molecule has 0 bridgehead atoms. The highest BCUT2D eigenvalue weighted by Crippen LogP contribution is 2.49. The molecule has 1 unspecified atom stereocenters. The van der Waals surface area contributed by atoms with Crippen molar-refractivity contribution >= 4 is 5.91 Å². The summed E-state index contributed by atoms with van der Waals surface area (Å²) in [6, 6.07) is 19.2. The number of hydrogen-bond acceptors (Lipinski definition) is 2. The van der Waals surface area contributed by atoms with Crippen molar-refractivity contribution in [3.63, 3.8) is 0 Å². The first-order valence-corrected chi connectivity index (χ1v) is 7.82. The fourth-order valence-electron chi connectivity index (χ4n) is 3.04. The van der Waals surface area contributed by atoms with Crippen LogP contribution < -0.4 is 5.48 Å². The number of nitrogens with one attached hydrogen (secondary N) is 1. The Morgan fingerprint density at radius 3 is 2.45 bits per heavy atom. The van der Waals surface area contributed by atoms with Gasteiger partial charge in [0.05, 0.1) is 0 Å². The minimum Gasteiger partial charge on any atom is -0.289 e. The second-order valence-corrected chi connectivity index (χ2v) is 6.07. The fourth-order valence-corrected chi connectivity index (χ4v) is 3.04. The van der Waals surface area contributed by atoms with E-state index >= 15 is 0 Å². The Morgan fingerprint density at radius 1 is 1.05 bits per heavy atom. The van der Waals surface area contributed by atoms with Gasteiger partial charge in [0.2, 0.25) is 5.91 Å². The third-order valence-electron chi connectivity index (χ3n) is 4.44. The van der Waals surface area contributed by atoms with E-state index in [4.69, 9.17) is 5.21 Å². The van der Waals surface area contributed by atoms with Crippen LogP contribution in [0.5, 0.6) is 0 Å². The van der Waals surface area contributed by atoms with Crippen LogP contribution in [-0.4, -0.2) is 11.1 Å². The summed E-state index contributed by atoms with van der Waals surface area (Å²) >= 11 is 0. The number of rotatable bonds is 6. The Balaban J connectivity index is 1.53. The van der Waals surface area contributed by atoms with Crippen molar-refractivity contribution in [2.45, 2.75) is 31.6 Å². The maximum atomic E-state index is 11.0. The van der Waals surface area contributed by atoms with E-state index in [1.54, 1.807) is 5.48 Å². The molecular weight excluding hydrogens is 274 g/mol. The van der Waals surface area contributed by atoms with Gasteiger partial charge in [-0.1, -0.05) is 54.6 Å². The van der Waals surface area contributed by atoms with Crippen LogP contribution in [0.25, 0.3) is 0 Å². The van der Waals surface area contributed by atoms with Crippen LogP contribution in [0.4, 0.5) is 0 Å². The Morgan fingerprint density at radius 2 is 1.77 bits per heavy atom. The van der Waals surface area contributed by atoms with Gasteiger partial charge in [-0.2, -0.15) is 0 Å². The molecule has 22 heavy (non-hydrogen) atoms. The smallest absolute Gasteiger partial charge is 0.243 e. The highest BCUT2D eigenvalue weighted by Gasteiger charge is 2.37. The van der Waals surface area contributed by atoms with Crippen LogP contribution in [-0.2, 0) is 17.6 Å². The zero-order chi connectivity index (χ0) is 15.4. The summed E-state index contributed by atoms with van der Waals surface area (Å²) in [6.07, 6.45) is 3.39. The van der Waals surface area contributed by atoms with Crippen molar-refractivity contribution in [3.05, 3.63) is 71.3 Å². The van der Waals surface area contributed by atoms with Crippen molar-refractivity contribution in [1.82, 2.24) is 5.48 Å². The molecule has 1 fully saturated rings. The maximum absolute atomic E-state index is 11.0. The summed E-state index contributed by atoms with van der Waals surface area (Å²) in [6.45, 7) is 0. The lowest BCUT2D eigenvalue weighted by molar-refractivity contribution is -0.129. The van der Waals surface area contributed by atoms with E-state index in [2.05, 4.69) is 54.6 Å². The number of benzene rings is 2. The van der Waals surface area contributed by atoms with Gasteiger partial charge >= 0.3 is 0 Å². The van der Waals surface area contributed by atoms with E-state index in [9.17, 15) is 4.79 Å². The van der Waals surface area contributed by atoms with Crippen molar-refractivity contribution in [3.8, 4) is 0 Å². The molecule has 1 aliphatic carbocycles. The van der Waals surface area contributed by atoms with E-state index < -0.39 is 0 Å². The fraction of sp³-hybridized carbons (Fsp3) is 0.316. The lowest BCUT2D eigenvalue weighted by atomic mass is 10.0. The molecular formula is C19H21NO2. The summed E-state index contributed by atoms with van der Waals surface area (Å²) in [5.74, 6) is 1.10. The topological polar surface area (TPSA) is 49.3 Å². The third kappa shape index (κ3) is 3.74. The van der Waals surface area contributed by atoms with Crippen LogP contribution in [0.15, 0.2) is 54.6 Å². The van der Waals surface area contributed by atoms with E-state index in [0.29, 0.717) is 18.8 Å². The summed E-state index contributed by atoms with van der Waals surface area (Å²) in [5.41, 5.74) is 5.61. The van der Waals surface area contributed by atoms with Gasteiger partial charge in [0.1, 0.15) is 0 Å². The van der Waals surface area contributed by atoms with Gasteiger partial charge in [0.25, 0.3) is 0 Å². The predicted octanol–water partition coefficient (Wildman–Crippen LogP) is 3.47. The molecule has 3 nitrogen and oxygen atoms in total.